The zero-order valence-electron chi connectivity index (χ0n) is 12.4. The van der Waals surface area contributed by atoms with Crippen molar-refractivity contribution < 1.29 is 14.6 Å². The molecule has 3 N–H and O–H groups in total. The summed E-state index contributed by atoms with van der Waals surface area (Å²) in [6.45, 7) is 4.60. The number of carbonyl (C=O) groups is 1. The smallest absolute Gasteiger partial charge is 0.319 e. The summed E-state index contributed by atoms with van der Waals surface area (Å²) < 4.78 is 5.51. The number of aliphatic hydroxyl groups is 1. The van der Waals surface area contributed by atoms with Crippen molar-refractivity contribution in [1.82, 2.24) is 5.32 Å². The molecule has 0 saturated carbocycles. The van der Waals surface area contributed by atoms with Crippen LogP contribution >= 0.6 is 0 Å². The first-order chi connectivity index (χ1) is 10.1. The van der Waals surface area contributed by atoms with Gasteiger partial charge in [-0.2, -0.15) is 0 Å². The predicted octanol–water partition coefficient (Wildman–Crippen LogP) is 2.45. The molecule has 0 saturated heterocycles. The number of amides is 2. The maximum absolute atomic E-state index is 12.0. The third-order valence-corrected chi connectivity index (χ3v) is 3.47. The number of aliphatic hydroxyl groups excluding tert-OH is 1. The van der Waals surface area contributed by atoms with Crippen LogP contribution in [0.5, 0.6) is 5.75 Å². The highest BCUT2D eigenvalue weighted by atomic mass is 16.5. The summed E-state index contributed by atoms with van der Waals surface area (Å²) in [6.07, 6.45) is 4.59. The average Bonchev–Trinajstić information content (AvgIpc) is 2.90. The van der Waals surface area contributed by atoms with E-state index in [9.17, 15) is 4.79 Å². The predicted molar refractivity (Wildman–Crippen MR) is 82.6 cm³/mol. The molecular weight excluding hydrogens is 268 g/mol. The molecule has 0 fully saturated rings. The van der Waals surface area contributed by atoms with Crippen molar-refractivity contribution in [2.45, 2.75) is 26.3 Å². The van der Waals surface area contributed by atoms with Crippen molar-refractivity contribution in [1.29, 1.82) is 0 Å². The van der Waals surface area contributed by atoms with E-state index >= 15 is 0 Å². The van der Waals surface area contributed by atoms with E-state index in [0.29, 0.717) is 12.3 Å². The Hall–Kier alpha value is -2.01. The van der Waals surface area contributed by atoms with Crippen LogP contribution in [0.1, 0.15) is 18.9 Å². The van der Waals surface area contributed by atoms with Gasteiger partial charge in [-0.15, -0.1) is 0 Å². The fourth-order valence-electron chi connectivity index (χ4n) is 2.34. The van der Waals surface area contributed by atoms with E-state index in [2.05, 4.69) is 10.6 Å². The number of rotatable bonds is 5. The van der Waals surface area contributed by atoms with Crippen molar-refractivity contribution in [2.24, 2.45) is 5.92 Å². The molecule has 1 aromatic carbocycles. The van der Waals surface area contributed by atoms with Crippen LogP contribution in [0.3, 0.4) is 0 Å². The van der Waals surface area contributed by atoms with E-state index in [1.54, 1.807) is 0 Å². The minimum Gasteiger partial charge on any atom is -0.494 e. The quantitative estimate of drug-likeness (QED) is 0.729. The summed E-state index contributed by atoms with van der Waals surface area (Å²) in [5, 5.41) is 14.7. The van der Waals surface area contributed by atoms with Crippen LogP contribution in [0.15, 0.2) is 30.4 Å². The molecule has 0 heterocycles. The van der Waals surface area contributed by atoms with Crippen molar-refractivity contribution in [3.63, 3.8) is 0 Å². The molecule has 0 aliphatic heterocycles. The minimum atomic E-state index is -0.255. The van der Waals surface area contributed by atoms with Gasteiger partial charge in [0.25, 0.3) is 0 Å². The Labute approximate surface area is 125 Å². The van der Waals surface area contributed by atoms with Crippen LogP contribution in [0, 0.1) is 12.8 Å². The molecule has 1 aliphatic rings. The lowest BCUT2D eigenvalue weighted by Gasteiger charge is -2.14. The van der Waals surface area contributed by atoms with Crippen molar-refractivity contribution in [3.8, 4) is 5.75 Å². The number of nitrogens with one attached hydrogen (secondary N) is 2. The summed E-state index contributed by atoms with van der Waals surface area (Å²) in [5.41, 5.74) is 1.73. The second-order valence-corrected chi connectivity index (χ2v) is 5.18. The molecular formula is C16H22N2O3. The number of anilines is 1. The van der Waals surface area contributed by atoms with Crippen LogP contribution in [0.25, 0.3) is 0 Å². The zero-order valence-corrected chi connectivity index (χ0v) is 12.4. The molecule has 1 aliphatic carbocycles. The van der Waals surface area contributed by atoms with E-state index in [1.807, 2.05) is 44.2 Å². The Morgan fingerprint density at radius 3 is 2.90 bits per heavy atom. The molecule has 5 heteroatoms. The summed E-state index contributed by atoms with van der Waals surface area (Å²) in [5.74, 6) is 0.913. The highest BCUT2D eigenvalue weighted by Gasteiger charge is 2.19. The molecule has 5 nitrogen and oxygen atoms in total. The van der Waals surface area contributed by atoms with Crippen LogP contribution < -0.4 is 15.4 Å². The summed E-state index contributed by atoms with van der Waals surface area (Å²) >= 11 is 0. The van der Waals surface area contributed by atoms with Crippen molar-refractivity contribution in [3.05, 3.63) is 35.9 Å². The third-order valence-electron chi connectivity index (χ3n) is 3.47. The lowest BCUT2D eigenvalue weighted by molar-refractivity contribution is 0.238. The summed E-state index contributed by atoms with van der Waals surface area (Å²) in [7, 11) is 0. The van der Waals surface area contributed by atoms with E-state index in [0.717, 1.165) is 17.7 Å². The Morgan fingerprint density at radius 2 is 2.24 bits per heavy atom. The van der Waals surface area contributed by atoms with Gasteiger partial charge in [0.05, 0.1) is 6.61 Å². The number of urea groups is 1. The lowest BCUT2D eigenvalue weighted by Crippen LogP contribution is -2.36. The molecule has 2 amide bonds. The van der Waals surface area contributed by atoms with Gasteiger partial charge in [-0.1, -0.05) is 18.2 Å². The van der Waals surface area contributed by atoms with Crippen LogP contribution in [-0.2, 0) is 0 Å². The Kier molecular flexibility index (Phi) is 5.22. The van der Waals surface area contributed by atoms with Gasteiger partial charge in [0.15, 0.2) is 0 Å². The second kappa shape index (κ2) is 7.13. The van der Waals surface area contributed by atoms with Gasteiger partial charge in [-0.3, -0.25) is 0 Å². The Morgan fingerprint density at radius 1 is 1.43 bits per heavy atom. The third kappa shape index (κ3) is 4.23. The van der Waals surface area contributed by atoms with Gasteiger partial charge in [-0.25, -0.2) is 4.79 Å². The van der Waals surface area contributed by atoms with Crippen molar-refractivity contribution >= 4 is 11.7 Å². The maximum Gasteiger partial charge on any atom is 0.319 e. The number of ether oxygens (including phenoxy) is 1. The van der Waals surface area contributed by atoms with Crippen LogP contribution in [0.4, 0.5) is 10.5 Å². The number of hydrogen-bond donors (Lipinski definition) is 3. The lowest BCUT2D eigenvalue weighted by atomic mass is 10.1. The van der Waals surface area contributed by atoms with Crippen molar-refractivity contribution in [2.75, 3.05) is 18.5 Å². The number of carbonyl (C=O) groups excluding carboxylic acids is 1. The first-order valence-corrected chi connectivity index (χ1v) is 7.22. The SMILES string of the molecule is CCOc1cc(NC(=O)N[C@@H]2C=C[C@H](CO)C2)ccc1C. The molecule has 0 unspecified atom stereocenters. The number of benzene rings is 1. The molecule has 2 rings (SSSR count). The molecule has 0 bridgehead atoms. The normalized spacial score (nSPS) is 20.3. The van der Waals surface area contributed by atoms with Gasteiger partial charge in [0.1, 0.15) is 5.75 Å². The molecule has 0 radical (unpaired) electrons. The first-order valence-electron chi connectivity index (χ1n) is 7.22. The minimum absolute atomic E-state index is 0.0287. The molecule has 2 atom stereocenters. The van der Waals surface area contributed by atoms with Gasteiger partial charge in [-0.05, 0) is 31.9 Å². The van der Waals surface area contributed by atoms with E-state index in [4.69, 9.17) is 9.84 Å². The highest BCUT2D eigenvalue weighted by molar-refractivity contribution is 5.89. The fraction of sp³-hybridized carbons (Fsp3) is 0.438. The van der Waals surface area contributed by atoms with Crippen LogP contribution in [0.2, 0.25) is 0 Å². The maximum atomic E-state index is 12.0. The molecule has 0 aromatic heterocycles. The molecule has 21 heavy (non-hydrogen) atoms. The Balaban J connectivity index is 1.91. The standard InChI is InChI=1S/C16H22N2O3/c1-3-21-15-9-14(6-4-11(15)2)18-16(20)17-13-7-5-12(8-13)10-19/h4-7,9,12-13,19H,3,8,10H2,1-2H3,(H2,17,18,20)/t12-,13+/m0/s1. The van der Waals surface area contributed by atoms with E-state index < -0.39 is 0 Å². The largest absolute Gasteiger partial charge is 0.494 e. The van der Waals surface area contributed by atoms with Gasteiger partial charge >= 0.3 is 6.03 Å². The van der Waals surface area contributed by atoms with Gasteiger partial charge in [0.2, 0.25) is 0 Å². The van der Waals surface area contributed by atoms with E-state index in [1.165, 1.54) is 0 Å². The molecule has 114 valence electrons. The zero-order chi connectivity index (χ0) is 15.2. The second-order valence-electron chi connectivity index (χ2n) is 5.18. The fourth-order valence-corrected chi connectivity index (χ4v) is 2.34. The topological polar surface area (TPSA) is 70.6 Å². The average molecular weight is 290 g/mol. The first kappa shape index (κ1) is 15.4. The van der Waals surface area contributed by atoms with Gasteiger partial charge in [0, 0.05) is 30.3 Å². The van der Waals surface area contributed by atoms with E-state index in [-0.39, 0.29) is 24.6 Å². The Bertz CT molecular complexity index is 528. The summed E-state index contributed by atoms with van der Waals surface area (Å²) in [6, 6.07) is 5.30. The monoisotopic (exact) mass is 290 g/mol. The number of aryl methyl sites for hydroxylation is 1. The van der Waals surface area contributed by atoms with Crippen LogP contribution in [-0.4, -0.2) is 30.4 Å². The highest BCUT2D eigenvalue weighted by Crippen LogP contribution is 2.23. The summed E-state index contributed by atoms with van der Waals surface area (Å²) in [4.78, 5) is 12.0. The number of hydrogen-bond acceptors (Lipinski definition) is 3. The molecule has 0 spiro atoms. The van der Waals surface area contributed by atoms with Gasteiger partial charge < -0.3 is 20.5 Å². The molecule has 1 aromatic rings.